The second kappa shape index (κ2) is 11.8. The summed E-state index contributed by atoms with van der Waals surface area (Å²) in [6.07, 6.45) is -5.50. The van der Waals surface area contributed by atoms with Crippen molar-refractivity contribution in [3.8, 4) is 34.3 Å². The van der Waals surface area contributed by atoms with Gasteiger partial charge in [-0.25, -0.2) is 9.21 Å². The van der Waals surface area contributed by atoms with E-state index in [0.717, 1.165) is 11.5 Å². The van der Waals surface area contributed by atoms with Gasteiger partial charge in [-0.2, -0.15) is 0 Å². The number of rotatable bonds is 7. The molecule has 1 unspecified atom stereocenters. The first-order valence-electron chi connectivity index (χ1n) is 12.6. The lowest BCUT2D eigenvalue weighted by atomic mass is 9.99. The summed E-state index contributed by atoms with van der Waals surface area (Å²) in [5, 5.41) is 62.3. The topological polar surface area (TPSA) is 177 Å². The molecule has 3 aromatic carbocycles. The lowest BCUT2D eigenvalue weighted by Crippen LogP contribution is -2.60. The van der Waals surface area contributed by atoms with Crippen molar-refractivity contribution in [3.63, 3.8) is 0 Å². The zero-order valence-electron chi connectivity index (χ0n) is 21.4. The number of phenols is 3. The highest BCUT2D eigenvalue weighted by Crippen LogP contribution is 2.41. The number of phenolic OH excluding ortho intramolecular Hbond substituents is 3. The van der Waals surface area contributed by atoms with Crippen LogP contribution in [-0.4, -0.2) is 73.9 Å². The summed E-state index contributed by atoms with van der Waals surface area (Å²) < 4.78 is 22.2. The molecule has 41 heavy (non-hydrogen) atoms. The Labute approximate surface area is 233 Å². The standard InChI is InChI=1S/C30H26O11/c31-19-9-5-16(6-10-19)7-12-25(33)38-15-24-27(35)28(36)29(37)30(41-24)40-23-14-18(13-20(32)26(23)34)22-11-8-17-3-1-2-4-21(17)39-22/h1-14,24,27-30,35-37H,15H2,(H2-,31,32,33,34)/p+1/t24-,27+,28-,29+,30?/m1/s1. The maximum atomic E-state index is 12.2. The van der Waals surface area contributed by atoms with Crippen molar-refractivity contribution in [1.82, 2.24) is 0 Å². The van der Waals surface area contributed by atoms with Crippen molar-refractivity contribution in [1.29, 1.82) is 0 Å². The number of para-hydroxylation sites is 1. The lowest BCUT2D eigenvalue weighted by Gasteiger charge is -2.39. The Morgan fingerprint density at radius 3 is 2.44 bits per heavy atom. The van der Waals surface area contributed by atoms with E-state index in [2.05, 4.69) is 0 Å². The number of hydrogen-bond acceptors (Lipinski definition) is 10. The summed E-state index contributed by atoms with van der Waals surface area (Å²) in [5.74, 6) is -1.87. The zero-order valence-corrected chi connectivity index (χ0v) is 21.4. The summed E-state index contributed by atoms with van der Waals surface area (Å²) >= 11 is 0. The molecule has 0 bridgehead atoms. The van der Waals surface area contributed by atoms with Crippen molar-refractivity contribution in [2.24, 2.45) is 0 Å². The largest absolute Gasteiger partial charge is 0.508 e. The first-order valence-corrected chi connectivity index (χ1v) is 12.6. The van der Waals surface area contributed by atoms with Gasteiger partial charge in [0.25, 0.3) is 0 Å². The van der Waals surface area contributed by atoms with Gasteiger partial charge >= 0.3 is 17.3 Å². The van der Waals surface area contributed by atoms with Crippen LogP contribution in [0.3, 0.4) is 0 Å². The van der Waals surface area contributed by atoms with Crippen molar-refractivity contribution >= 4 is 23.0 Å². The molecule has 1 fully saturated rings. The van der Waals surface area contributed by atoms with Crippen LogP contribution in [0.4, 0.5) is 0 Å². The van der Waals surface area contributed by atoms with E-state index >= 15 is 0 Å². The van der Waals surface area contributed by atoms with Gasteiger partial charge < -0.3 is 44.8 Å². The molecule has 1 aliphatic heterocycles. The molecule has 0 radical (unpaired) electrons. The molecular formula is C30H27O11+. The molecule has 0 amide bonds. The molecule has 1 aliphatic rings. The number of hydrogen-bond donors (Lipinski definition) is 6. The number of aliphatic hydroxyl groups excluding tert-OH is 3. The summed E-state index contributed by atoms with van der Waals surface area (Å²) in [7, 11) is 0. The van der Waals surface area contributed by atoms with Crippen LogP contribution in [0.25, 0.3) is 28.4 Å². The van der Waals surface area contributed by atoms with Gasteiger partial charge in [0.15, 0.2) is 11.5 Å². The Kier molecular flexibility index (Phi) is 8.04. The fraction of sp³-hybridized carbons (Fsp3) is 0.200. The molecule has 0 aliphatic carbocycles. The highest BCUT2D eigenvalue weighted by Gasteiger charge is 2.45. The molecule has 2 heterocycles. The number of esters is 1. The molecule has 4 aromatic rings. The van der Waals surface area contributed by atoms with Crippen LogP contribution in [0.2, 0.25) is 0 Å². The van der Waals surface area contributed by atoms with Crippen LogP contribution in [0.15, 0.2) is 83.3 Å². The molecule has 5 rings (SSSR count). The first-order chi connectivity index (χ1) is 19.7. The number of ether oxygens (including phenoxy) is 3. The van der Waals surface area contributed by atoms with E-state index in [1.807, 2.05) is 18.2 Å². The highest BCUT2D eigenvalue weighted by atomic mass is 16.7. The van der Waals surface area contributed by atoms with E-state index in [-0.39, 0.29) is 11.5 Å². The number of aromatic hydroxyl groups is 3. The minimum absolute atomic E-state index is 0.0737. The van der Waals surface area contributed by atoms with Gasteiger partial charge in [0.2, 0.25) is 12.0 Å². The van der Waals surface area contributed by atoms with Gasteiger partial charge in [0.1, 0.15) is 36.8 Å². The smallest absolute Gasteiger partial charge is 0.361 e. The van der Waals surface area contributed by atoms with Crippen LogP contribution in [0.1, 0.15) is 5.56 Å². The minimum atomic E-state index is -1.76. The fourth-order valence-corrected chi connectivity index (χ4v) is 4.25. The third-order valence-electron chi connectivity index (χ3n) is 6.50. The maximum Gasteiger partial charge on any atom is 0.361 e. The second-order valence-electron chi connectivity index (χ2n) is 9.37. The highest BCUT2D eigenvalue weighted by molar-refractivity contribution is 5.87. The molecule has 1 saturated heterocycles. The zero-order chi connectivity index (χ0) is 29.1. The SMILES string of the molecule is O=C(/C=C/c1ccc(O)cc1)OC[C@H]1OC(Oc2cc(-c3ccc4ccccc4[o+]3)cc(O)c2O)[C@@H](O)[C@H](O)[C@H]1O. The Morgan fingerprint density at radius 1 is 0.902 bits per heavy atom. The van der Waals surface area contributed by atoms with Gasteiger partial charge in [-0.05, 0) is 35.9 Å². The summed E-state index contributed by atoms with van der Waals surface area (Å²) in [4.78, 5) is 12.2. The Morgan fingerprint density at radius 2 is 1.66 bits per heavy atom. The summed E-state index contributed by atoms with van der Waals surface area (Å²) in [5.41, 5.74) is 1.54. The molecular weight excluding hydrogens is 536 g/mol. The molecule has 0 saturated carbocycles. The number of fused-ring (bicyclic) bond motifs is 1. The van der Waals surface area contributed by atoms with E-state index in [4.69, 9.17) is 18.6 Å². The molecule has 11 nitrogen and oxygen atoms in total. The average Bonchev–Trinajstić information content (AvgIpc) is 2.98. The van der Waals surface area contributed by atoms with Crippen LogP contribution < -0.4 is 4.74 Å². The van der Waals surface area contributed by atoms with E-state index in [1.54, 1.807) is 30.3 Å². The van der Waals surface area contributed by atoms with Crippen molar-refractivity contribution in [2.45, 2.75) is 30.7 Å². The van der Waals surface area contributed by atoms with Gasteiger partial charge in [0, 0.05) is 30.3 Å². The lowest BCUT2D eigenvalue weighted by molar-refractivity contribution is -0.278. The molecule has 0 spiro atoms. The van der Waals surface area contributed by atoms with Crippen LogP contribution in [0, 0.1) is 0 Å². The van der Waals surface area contributed by atoms with Crippen molar-refractivity contribution in [3.05, 3.63) is 84.4 Å². The molecule has 1 aromatic heterocycles. The van der Waals surface area contributed by atoms with Crippen LogP contribution in [-0.2, 0) is 14.3 Å². The number of benzene rings is 3. The van der Waals surface area contributed by atoms with Crippen molar-refractivity contribution in [2.75, 3.05) is 6.61 Å². The van der Waals surface area contributed by atoms with E-state index in [1.165, 1.54) is 30.3 Å². The predicted molar refractivity (Wildman–Crippen MR) is 145 cm³/mol. The number of carbonyl (C=O) groups excluding carboxylic acids is 1. The van der Waals surface area contributed by atoms with Gasteiger partial charge in [0.05, 0.1) is 10.9 Å². The fourth-order valence-electron chi connectivity index (χ4n) is 4.25. The van der Waals surface area contributed by atoms with E-state index in [0.29, 0.717) is 22.5 Å². The van der Waals surface area contributed by atoms with E-state index < -0.39 is 54.8 Å². The Bertz CT molecular complexity index is 1570. The Hall–Kier alpha value is -4.68. The van der Waals surface area contributed by atoms with Crippen LogP contribution in [0.5, 0.6) is 23.0 Å². The quantitative estimate of drug-likeness (QED) is 0.0843. The normalized spacial score (nSPS) is 22.6. The molecule has 11 heteroatoms. The third kappa shape index (κ3) is 6.23. The van der Waals surface area contributed by atoms with Crippen LogP contribution >= 0.6 is 0 Å². The maximum absolute atomic E-state index is 12.2. The van der Waals surface area contributed by atoms with E-state index in [9.17, 15) is 35.4 Å². The minimum Gasteiger partial charge on any atom is -0.508 e. The number of carbonyl (C=O) groups is 1. The molecule has 6 N–H and O–H groups in total. The predicted octanol–water partition coefficient (Wildman–Crippen LogP) is 2.94. The van der Waals surface area contributed by atoms with Gasteiger partial charge in [-0.1, -0.05) is 24.3 Å². The molecule has 212 valence electrons. The first kappa shape index (κ1) is 27.9. The third-order valence-corrected chi connectivity index (χ3v) is 6.50. The van der Waals surface area contributed by atoms with Gasteiger partial charge in [-0.15, -0.1) is 0 Å². The average molecular weight is 564 g/mol. The monoisotopic (exact) mass is 563 g/mol. The second-order valence-corrected chi connectivity index (χ2v) is 9.37. The van der Waals surface area contributed by atoms with Gasteiger partial charge in [-0.3, -0.25) is 0 Å². The molecule has 5 atom stereocenters. The summed E-state index contributed by atoms with van der Waals surface area (Å²) in [6, 6.07) is 19.5. The summed E-state index contributed by atoms with van der Waals surface area (Å²) in [6.45, 7) is -0.503. The van der Waals surface area contributed by atoms with Crippen molar-refractivity contribution < 1.29 is 54.1 Å². The number of aliphatic hydroxyl groups is 3. The Balaban J connectivity index is 1.30.